The Bertz CT molecular complexity index is 954. The number of ether oxygens (including phenoxy) is 2. The number of carbonyl (C=O) groups excluding carboxylic acids is 1. The number of hydrogen-bond donors (Lipinski definition) is 1. The topological polar surface area (TPSA) is 81.5 Å². The van der Waals surface area contributed by atoms with Crippen LogP contribution >= 0.6 is 0 Å². The van der Waals surface area contributed by atoms with Gasteiger partial charge in [-0.15, -0.1) is 0 Å². The van der Waals surface area contributed by atoms with E-state index in [1.54, 1.807) is 33.2 Å². The predicted octanol–water partition coefficient (Wildman–Crippen LogP) is 2.69. The molecule has 0 aliphatic carbocycles. The van der Waals surface area contributed by atoms with Gasteiger partial charge in [0.05, 0.1) is 19.9 Å². The molecule has 0 saturated carbocycles. The number of fused-ring (bicyclic) bond motifs is 1. The van der Waals surface area contributed by atoms with E-state index in [0.717, 1.165) is 11.1 Å². The maximum atomic E-state index is 12.5. The summed E-state index contributed by atoms with van der Waals surface area (Å²) < 4.78 is 10.6. The summed E-state index contributed by atoms with van der Waals surface area (Å²) in [5.74, 6) is 1.36. The van der Waals surface area contributed by atoms with Crippen molar-refractivity contribution in [1.82, 2.24) is 19.9 Å². The zero-order chi connectivity index (χ0) is 19.4. The summed E-state index contributed by atoms with van der Waals surface area (Å²) in [6.45, 7) is 0.553. The Morgan fingerprint density at radius 1 is 1.15 bits per heavy atom. The number of carbonyl (C=O) groups is 1. The predicted molar refractivity (Wildman–Crippen MR) is 103 cm³/mol. The molecule has 1 heterocycles. The molecule has 0 radical (unpaired) electrons. The highest BCUT2D eigenvalue weighted by atomic mass is 16.5. The van der Waals surface area contributed by atoms with Crippen LogP contribution in [-0.2, 0) is 13.5 Å². The third-order valence-corrected chi connectivity index (χ3v) is 4.28. The summed E-state index contributed by atoms with van der Waals surface area (Å²) in [7, 11) is 6.72. The van der Waals surface area contributed by atoms with Crippen LogP contribution in [0.1, 0.15) is 5.56 Å². The Kier molecular flexibility index (Phi) is 5.44. The number of amides is 2. The molecule has 2 amide bonds. The number of urea groups is 1. The number of methoxy groups -OCH3 is 2. The lowest BCUT2D eigenvalue weighted by molar-refractivity contribution is 0.223. The van der Waals surface area contributed by atoms with E-state index in [1.807, 2.05) is 36.4 Å². The Morgan fingerprint density at radius 3 is 2.67 bits per heavy atom. The monoisotopic (exact) mass is 369 g/mol. The van der Waals surface area contributed by atoms with Crippen LogP contribution < -0.4 is 14.8 Å². The molecule has 3 aromatic rings. The van der Waals surface area contributed by atoms with Gasteiger partial charge >= 0.3 is 6.03 Å². The van der Waals surface area contributed by atoms with Gasteiger partial charge in [-0.1, -0.05) is 12.1 Å². The van der Waals surface area contributed by atoms with Gasteiger partial charge < -0.3 is 19.7 Å². The van der Waals surface area contributed by atoms with Gasteiger partial charge in [-0.2, -0.15) is 15.0 Å². The van der Waals surface area contributed by atoms with Gasteiger partial charge in [-0.25, -0.2) is 4.79 Å². The zero-order valence-corrected chi connectivity index (χ0v) is 15.9. The number of aromatic nitrogens is 3. The SMILES string of the molecule is COc1ccc(CCN(C)C(=O)Nc2cccc3nn(C)nc23)cc1OC. The van der Waals surface area contributed by atoms with E-state index in [0.29, 0.717) is 35.7 Å². The second-order valence-corrected chi connectivity index (χ2v) is 6.15. The highest BCUT2D eigenvalue weighted by Gasteiger charge is 2.13. The number of aryl methyl sites for hydroxylation is 1. The molecule has 0 atom stereocenters. The number of benzene rings is 2. The average molecular weight is 369 g/mol. The zero-order valence-electron chi connectivity index (χ0n) is 15.9. The van der Waals surface area contributed by atoms with Crippen LogP contribution in [0.15, 0.2) is 36.4 Å². The van der Waals surface area contributed by atoms with Crippen LogP contribution in [0.5, 0.6) is 11.5 Å². The molecule has 0 fully saturated rings. The normalized spacial score (nSPS) is 10.7. The number of hydrogen-bond acceptors (Lipinski definition) is 5. The first-order chi connectivity index (χ1) is 13.0. The van der Waals surface area contributed by atoms with Gasteiger partial charge in [-0.05, 0) is 36.2 Å². The maximum absolute atomic E-state index is 12.5. The van der Waals surface area contributed by atoms with Crippen molar-refractivity contribution in [2.45, 2.75) is 6.42 Å². The highest BCUT2D eigenvalue weighted by molar-refractivity contribution is 5.98. The quantitative estimate of drug-likeness (QED) is 0.722. The number of likely N-dealkylation sites (N-methyl/N-ethyl adjacent to an activating group) is 1. The molecule has 142 valence electrons. The van der Waals surface area contributed by atoms with E-state index in [4.69, 9.17) is 9.47 Å². The number of rotatable bonds is 6. The van der Waals surface area contributed by atoms with Crippen LogP contribution in [0, 0.1) is 0 Å². The molecule has 3 rings (SSSR count). The first-order valence-corrected chi connectivity index (χ1v) is 8.55. The van der Waals surface area contributed by atoms with Gasteiger partial charge in [0.25, 0.3) is 0 Å². The van der Waals surface area contributed by atoms with E-state index in [9.17, 15) is 4.79 Å². The second kappa shape index (κ2) is 7.94. The van der Waals surface area contributed by atoms with Gasteiger partial charge in [0, 0.05) is 20.6 Å². The van der Waals surface area contributed by atoms with Gasteiger partial charge in [0.1, 0.15) is 11.0 Å². The van der Waals surface area contributed by atoms with E-state index in [-0.39, 0.29) is 6.03 Å². The van der Waals surface area contributed by atoms with Crippen molar-refractivity contribution in [1.29, 1.82) is 0 Å². The lowest BCUT2D eigenvalue weighted by Gasteiger charge is -2.18. The summed E-state index contributed by atoms with van der Waals surface area (Å²) in [6, 6.07) is 11.1. The van der Waals surface area contributed by atoms with Crippen LogP contribution in [0.25, 0.3) is 11.0 Å². The summed E-state index contributed by atoms with van der Waals surface area (Å²) in [6.07, 6.45) is 0.694. The van der Waals surface area contributed by atoms with Crippen LogP contribution in [0.2, 0.25) is 0 Å². The Labute approximate surface area is 157 Å². The molecule has 8 nitrogen and oxygen atoms in total. The maximum Gasteiger partial charge on any atom is 0.321 e. The highest BCUT2D eigenvalue weighted by Crippen LogP contribution is 2.27. The molecular weight excluding hydrogens is 346 g/mol. The molecule has 27 heavy (non-hydrogen) atoms. The summed E-state index contributed by atoms with van der Waals surface area (Å²) in [5.41, 5.74) is 3.11. The van der Waals surface area contributed by atoms with Gasteiger partial charge in [0.15, 0.2) is 11.5 Å². The third-order valence-electron chi connectivity index (χ3n) is 4.28. The van der Waals surface area contributed by atoms with Crippen molar-refractivity contribution in [3.05, 3.63) is 42.0 Å². The fraction of sp³-hybridized carbons (Fsp3) is 0.316. The molecule has 8 heteroatoms. The first-order valence-electron chi connectivity index (χ1n) is 8.55. The number of nitrogens with zero attached hydrogens (tertiary/aromatic N) is 4. The number of nitrogens with one attached hydrogen (secondary N) is 1. The van der Waals surface area contributed by atoms with Crippen molar-refractivity contribution < 1.29 is 14.3 Å². The molecular formula is C19H23N5O3. The Hall–Kier alpha value is -3.29. The number of anilines is 1. The third kappa shape index (κ3) is 4.11. The Balaban J connectivity index is 1.64. The molecule has 2 aromatic carbocycles. The van der Waals surface area contributed by atoms with Crippen molar-refractivity contribution >= 4 is 22.8 Å². The summed E-state index contributed by atoms with van der Waals surface area (Å²) in [5, 5.41) is 11.5. The van der Waals surface area contributed by atoms with Crippen molar-refractivity contribution in [3.63, 3.8) is 0 Å². The molecule has 0 aliphatic heterocycles. The minimum atomic E-state index is -0.200. The van der Waals surface area contributed by atoms with Crippen molar-refractivity contribution in [3.8, 4) is 11.5 Å². The van der Waals surface area contributed by atoms with Crippen molar-refractivity contribution in [2.24, 2.45) is 7.05 Å². The van der Waals surface area contributed by atoms with Gasteiger partial charge in [0.2, 0.25) is 0 Å². The standard InChI is InChI=1S/C19H23N5O3/c1-23(11-10-13-8-9-16(26-3)17(12-13)27-4)19(25)20-14-6-5-7-15-18(14)22-24(2)21-15/h5-9,12H,10-11H2,1-4H3,(H,20,25). The Morgan fingerprint density at radius 2 is 1.93 bits per heavy atom. The molecule has 1 N–H and O–H groups in total. The first kappa shape index (κ1) is 18.5. The fourth-order valence-electron chi connectivity index (χ4n) is 2.79. The van der Waals surface area contributed by atoms with E-state index < -0.39 is 0 Å². The largest absolute Gasteiger partial charge is 0.493 e. The van der Waals surface area contributed by atoms with Crippen LogP contribution in [0.3, 0.4) is 0 Å². The lowest BCUT2D eigenvalue weighted by Crippen LogP contribution is -2.33. The average Bonchev–Trinajstić information content (AvgIpc) is 3.07. The fourth-order valence-corrected chi connectivity index (χ4v) is 2.79. The van der Waals surface area contributed by atoms with Crippen molar-refractivity contribution in [2.75, 3.05) is 33.1 Å². The minimum Gasteiger partial charge on any atom is -0.493 e. The molecule has 0 aliphatic rings. The molecule has 1 aromatic heterocycles. The van der Waals surface area contributed by atoms with E-state index >= 15 is 0 Å². The smallest absolute Gasteiger partial charge is 0.321 e. The summed E-state index contributed by atoms with van der Waals surface area (Å²) in [4.78, 5) is 15.6. The molecule has 0 bridgehead atoms. The van der Waals surface area contributed by atoms with Crippen LogP contribution in [-0.4, -0.2) is 53.7 Å². The van der Waals surface area contributed by atoms with Gasteiger partial charge in [-0.3, -0.25) is 0 Å². The minimum absolute atomic E-state index is 0.200. The van der Waals surface area contributed by atoms with E-state index in [1.165, 1.54) is 4.80 Å². The second-order valence-electron chi connectivity index (χ2n) is 6.15. The molecule has 0 unspecified atom stereocenters. The molecule has 0 saturated heterocycles. The van der Waals surface area contributed by atoms with Crippen LogP contribution in [0.4, 0.5) is 10.5 Å². The lowest BCUT2D eigenvalue weighted by atomic mass is 10.1. The van der Waals surface area contributed by atoms with E-state index in [2.05, 4.69) is 15.5 Å². The summed E-state index contributed by atoms with van der Waals surface area (Å²) >= 11 is 0. The molecule has 0 spiro atoms.